The molecule has 2 aliphatic heterocycles. The smallest absolute Gasteiger partial charge is 0.175 e. The van der Waals surface area contributed by atoms with E-state index < -0.39 is 0 Å². The lowest BCUT2D eigenvalue weighted by Crippen LogP contribution is -2.39. The van der Waals surface area contributed by atoms with Gasteiger partial charge in [-0.15, -0.1) is 0 Å². The lowest BCUT2D eigenvalue weighted by atomic mass is 9.86. The fraction of sp³-hybridized carbons (Fsp3) is 0.588. The lowest BCUT2D eigenvalue weighted by Gasteiger charge is -2.31. The first kappa shape index (κ1) is 16.6. The normalized spacial score (nSPS) is 23.9. The van der Waals surface area contributed by atoms with Gasteiger partial charge in [-0.1, -0.05) is 0 Å². The first-order valence-electron chi connectivity index (χ1n) is 8.23. The third-order valence-corrected chi connectivity index (χ3v) is 5.00. The molecule has 0 spiro atoms. The predicted octanol–water partition coefficient (Wildman–Crippen LogP) is 3.20. The van der Waals surface area contributed by atoms with Crippen molar-refractivity contribution in [2.45, 2.75) is 26.3 Å². The molecule has 1 fully saturated rings. The van der Waals surface area contributed by atoms with Gasteiger partial charge in [-0.25, -0.2) is 0 Å². The zero-order valence-corrected chi connectivity index (χ0v) is 15.5. The largest absolute Gasteiger partial charge is 0.490 e. The summed E-state index contributed by atoms with van der Waals surface area (Å²) in [7, 11) is 2.17. The van der Waals surface area contributed by atoms with Crippen LogP contribution < -0.4 is 14.9 Å². The molecule has 126 valence electrons. The second kappa shape index (κ2) is 7.09. The summed E-state index contributed by atoms with van der Waals surface area (Å²) in [4.78, 5) is 2.37. The highest BCUT2D eigenvalue weighted by molar-refractivity contribution is 9.10. The maximum atomic E-state index is 5.80. The number of nitrogens with zero attached hydrogens (tertiary/aromatic N) is 2. The first-order valence-corrected chi connectivity index (χ1v) is 9.02. The molecule has 0 saturated carbocycles. The Morgan fingerprint density at radius 1 is 1.30 bits per heavy atom. The Bertz CT molecular complexity index is 606. The summed E-state index contributed by atoms with van der Waals surface area (Å²) in [5.41, 5.74) is 5.80. The summed E-state index contributed by atoms with van der Waals surface area (Å²) in [5, 5.41) is 4.57. The Hall–Kier alpha value is -1.27. The van der Waals surface area contributed by atoms with Crippen molar-refractivity contribution in [3.8, 4) is 11.5 Å². The van der Waals surface area contributed by atoms with E-state index in [1.807, 2.05) is 13.8 Å². The first-order chi connectivity index (χ1) is 11.1. The van der Waals surface area contributed by atoms with E-state index in [4.69, 9.17) is 9.47 Å². The molecule has 6 heteroatoms. The monoisotopic (exact) mass is 381 g/mol. The molecule has 3 rings (SSSR count). The molecule has 1 N–H and O–H groups in total. The predicted molar refractivity (Wildman–Crippen MR) is 95.4 cm³/mol. The maximum absolute atomic E-state index is 5.80. The highest BCUT2D eigenvalue weighted by atomic mass is 79.9. The van der Waals surface area contributed by atoms with Gasteiger partial charge in [0.05, 0.1) is 23.7 Å². The third kappa shape index (κ3) is 3.33. The summed E-state index contributed by atoms with van der Waals surface area (Å²) in [6, 6.07) is 4.40. The van der Waals surface area contributed by atoms with Gasteiger partial charge in [0.1, 0.15) is 0 Å². The Kier molecular flexibility index (Phi) is 5.11. The van der Waals surface area contributed by atoms with Crippen molar-refractivity contribution in [3.63, 3.8) is 0 Å². The summed E-state index contributed by atoms with van der Waals surface area (Å²) >= 11 is 3.64. The molecule has 2 unspecified atom stereocenters. The quantitative estimate of drug-likeness (QED) is 0.850. The number of hydrogen-bond donors (Lipinski definition) is 1. The van der Waals surface area contributed by atoms with Gasteiger partial charge < -0.3 is 19.8 Å². The molecule has 0 aromatic heterocycles. The van der Waals surface area contributed by atoms with E-state index >= 15 is 0 Å². The van der Waals surface area contributed by atoms with Crippen LogP contribution in [0.4, 0.5) is 0 Å². The van der Waals surface area contributed by atoms with Crippen LogP contribution in [0.3, 0.4) is 0 Å². The van der Waals surface area contributed by atoms with Crippen molar-refractivity contribution in [2.75, 3.05) is 33.4 Å². The lowest BCUT2D eigenvalue weighted by molar-refractivity contribution is 0.270. The Morgan fingerprint density at radius 2 is 2.09 bits per heavy atom. The number of halogens is 1. The van der Waals surface area contributed by atoms with Crippen molar-refractivity contribution >= 4 is 21.6 Å². The van der Waals surface area contributed by atoms with Gasteiger partial charge in [-0.3, -0.25) is 0 Å². The molecule has 1 aromatic carbocycles. The Labute approximate surface area is 146 Å². The van der Waals surface area contributed by atoms with Crippen LogP contribution in [0.5, 0.6) is 11.5 Å². The average Bonchev–Trinajstić information content (AvgIpc) is 2.93. The van der Waals surface area contributed by atoms with Crippen LogP contribution in [0.1, 0.15) is 31.9 Å². The van der Waals surface area contributed by atoms with Gasteiger partial charge in [0, 0.05) is 31.1 Å². The highest BCUT2D eigenvalue weighted by Crippen LogP contribution is 2.41. The van der Waals surface area contributed by atoms with E-state index in [1.54, 1.807) is 0 Å². The third-order valence-electron chi connectivity index (χ3n) is 4.42. The molecular formula is C17H24BrN3O2. The van der Waals surface area contributed by atoms with E-state index in [9.17, 15) is 0 Å². The molecule has 1 aromatic rings. The van der Waals surface area contributed by atoms with Gasteiger partial charge >= 0.3 is 0 Å². The van der Waals surface area contributed by atoms with Crippen LogP contribution >= 0.6 is 15.9 Å². The highest BCUT2D eigenvalue weighted by Gasteiger charge is 2.36. The molecule has 0 bridgehead atoms. The number of fused-ring (bicyclic) bond motifs is 1. The molecular weight excluding hydrogens is 358 g/mol. The molecule has 5 nitrogen and oxygen atoms in total. The zero-order valence-electron chi connectivity index (χ0n) is 13.9. The fourth-order valence-electron chi connectivity index (χ4n) is 3.32. The van der Waals surface area contributed by atoms with E-state index in [-0.39, 0.29) is 6.04 Å². The van der Waals surface area contributed by atoms with Gasteiger partial charge in [0.2, 0.25) is 0 Å². The van der Waals surface area contributed by atoms with Gasteiger partial charge in [-0.05, 0) is 54.5 Å². The number of piperidine rings is 1. The van der Waals surface area contributed by atoms with Crippen molar-refractivity contribution in [2.24, 2.45) is 11.0 Å². The minimum absolute atomic E-state index is 0.193. The van der Waals surface area contributed by atoms with Crippen LogP contribution in [0.25, 0.3) is 0 Å². The van der Waals surface area contributed by atoms with Crippen LogP contribution in [-0.2, 0) is 0 Å². The minimum Gasteiger partial charge on any atom is -0.490 e. The van der Waals surface area contributed by atoms with Crippen LogP contribution in [0.2, 0.25) is 0 Å². The summed E-state index contributed by atoms with van der Waals surface area (Å²) < 4.78 is 12.5. The molecule has 1 saturated heterocycles. The maximum Gasteiger partial charge on any atom is 0.175 e. The fourth-order valence-corrected chi connectivity index (χ4v) is 3.90. The number of hydrazone groups is 1. The number of benzene rings is 1. The second-order valence-electron chi connectivity index (χ2n) is 6.02. The SMILES string of the molecule is CCOc1cc(C2NN=C3CCN(C)CC32)cc(Br)c1OCC. The van der Waals surface area contributed by atoms with Crippen molar-refractivity contribution < 1.29 is 9.47 Å². The van der Waals surface area contributed by atoms with Crippen LogP contribution in [0.15, 0.2) is 21.7 Å². The average molecular weight is 382 g/mol. The summed E-state index contributed by atoms with van der Waals surface area (Å²) in [6.45, 7) is 7.31. The van der Waals surface area contributed by atoms with Crippen molar-refractivity contribution in [1.29, 1.82) is 0 Å². The van der Waals surface area contributed by atoms with E-state index in [0.717, 1.165) is 35.5 Å². The van der Waals surface area contributed by atoms with Gasteiger partial charge in [0.15, 0.2) is 11.5 Å². The topological polar surface area (TPSA) is 46.1 Å². The molecule has 0 aliphatic carbocycles. The van der Waals surface area contributed by atoms with Crippen molar-refractivity contribution in [3.05, 3.63) is 22.2 Å². The minimum atomic E-state index is 0.193. The Morgan fingerprint density at radius 3 is 2.83 bits per heavy atom. The number of ether oxygens (including phenoxy) is 2. The van der Waals surface area contributed by atoms with Crippen molar-refractivity contribution in [1.82, 2.24) is 10.3 Å². The van der Waals surface area contributed by atoms with Gasteiger partial charge in [-0.2, -0.15) is 5.10 Å². The molecule has 2 aliphatic rings. The number of nitrogens with one attached hydrogen (secondary N) is 1. The van der Waals surface area contributed by atoms with E-state index in [0.29, 0.717) is 19.1 Å². The molecule has 2 heterocycles. The number of hydrogen-bond acceptors (Lipinski definition) is 5. The zero-order chi connectivity index (χ0) is 16.4. The summed E-state index contributed by atoms with van der Waals surface area (Å²) in [6.07, 6.45) is 1.04. The Balaban J connectivity index is 1.91. The summed E-state index contributed by atoms with van der Waals surface area (Å²) in [5.74, 6) is 1.99. The van der Waals surface area contributed by atoms with Crippen LogP contribution in [-0.4, -0.2) is 44.0 Å². The van der Waals surface area contributed by atoms with Crippen LogP contribution in [0, 0.1) is 5.92 Å². The molecule has 0 radical (unpaired) electrons. The molecule has 0 amide bonds. The second-order valence-corrected chi connectivity index (χ2v) is 6.88. The van der Waals surface area contributed by atoms with E-state index in [2.05, 4.69) is 50.5 Å². The standard InChI is InChI=1S/C17H24BrN3O2/c1-4-22-15-9-11(8-13(18)17(15)23-5-2)16-12-10-21(3)7-6-14(12)19-20-16/h8-9,12,16,20H,4-7,10H2,1-3H3. The van der Waals surface area contributed by atoms with Gasteiger partial charge in [0.25, 0.3) is 0 Å². The number of rotatable bonds is 5. The number of likely N-dealkylation sites (tertiary alicyclic amines) is 1. The van der Waals surface area contributed by atoms with E-state index in [1.165, 1.54) is 11.3 Å². The molecule has 2 atom stereocenters. The molecule has 23 heavy (non-hydrogen) atoms.